The molecule has 3 aromatic rings. The monoisotopic (exact) mass is 460 g/mol. The van der Waals surface area contributed by atoms with Gasteiger partial charge in [-0.1, -0.05) is 67.8 Å². The van der Waals surface area contributed by atoms with Gasteiger partial charge in [0.2, 0.25) is 0 Å². The first kappa shape index (κ1) is 23.5. The van der Waals surface area contributed by atoms with Crippen LogP contribution in [0.25, 0.3) is 5.69 Å². The van der Waals surface area contributed by atoms with E-state index >= 15 is 0 Å². The maximum Gasteiger partial charge on any atom is 0.408 e. The largest absolute Gasteiger partial charge is 0.441 e. The predicted octanol–water partition coefficient (Wildman–Crippen LogP) is 5.18. The third-order valence-electron chi connectivity index (χ3n) is 6.25. The van der Waals surface area contributed by atoms with Crippen molar-refractivity contribution in [3.63, 3.8) is 0 Å². The van der Waals surface area contributed by atoms with E-state index in [0.717, 1.165) is 24.1 Å². The summed E-state index contributed by atoms with van der Waals surface area (Å²) in [5, 5.41) is 10.2. The highest BCUT2D eigenvalue weighted by Crippen LogP contribution is 2.33. The molecule has 7 nitrogen and oxygen atoms in total. The van der Waals surface area contributed by atoms with E-state index in [1.165, 1.54) is 19.3 Å². The predicted molar refractivity (Wildman–Crippen MR) is 131 cm³/mol. The Morgan fingerprint density at radius 2 is 1.68 bits per heavy atom. The lowest BCUT2D eigenvalue weighted by molar-refractivity contribution is 0.0684. The van der Waals surface area contributed by atoms with E-state index in [2.05, 4.69) is 15.7 Å². The number of amides is 2. The average Bonchev–Trinajstić information content (AvgIpc) is 3.45. The fourth-order valence-electron chi connectivity index (χ4n) is 4.43. The van der Waals surface area contributed by atoms with E-state index in [9.17, 15) is 9.59 Å². The standard InChI is InChI=1S/C16H19N3O.C11H13NO2/c20-16(18-14-7-3-1-4-8-14)13-11-17-19(12-13)15-9-5-2-6-10-15;1-11(2)9(12-10(13)14-11)8-6-4-3-5-7-8/h2,5-6,9-12,14H,1,3-4,7-8H2,(H,18,20);3-7,9H,1-2H3,(H,12,13)/t;9-/m.0/s1. The number of alkyl carbamates (subject to hydrolysis) is 1. The molecule has 2 heterocycles. The SMILES string of the molecule is CC1(C)OC(=O)N[C@H]1c1ccccc1.O=C(NC1CCCCC1)c1cnn(-c2ccccc2)c1. The Labute approximate surface area is 200 Å². The smallest absolute Gasteiger partial charge is 0.408 e. The molecule has 2 N–H and O–H groups in total. The van der Waals surface area contributed by atoms with Crippen molar-refractivity contribution in [1.82, 2.24) is 20.4 Å². The van der Waals surface area contributed by atoms with Gasteiger partial charge in [0, 0.05) is 12.2 Å². The number of rotatable bonds is 4. The molecule has 2 aromatic carbocycles. The van der Waals surface area contributed by atoms with E-state index in [4.69, 9.17) is 4.74 Å². The normalized spacial score (nSPS) is 19.4. The van der Waals surface area contributed by atoms with Crippen molar-refractivity contribution in [2.75, 3.05) is 0 Å². The van der Waals surface area contributed by atoms with Gasteiger partial charge in [-0.15, -0.1) is 0 Å². The first-order valence-electron chi connectivity index (χ1n) is 11.9. The van der Waals surface area contributed by atoms with E-state index in [0.29, 0.717) is 11.6 Å². The van der Waals surface area contributed by atoms with Gasteiger partial charge in [0.05, 0.1) is 23.5 Å². The summed E-state index contributed by atoms with van der Waals surface area (Å²) in [6.07, 6.45) is 8.99. The minimum atomic E-state index is -0.474. The molecule has 178 valence electrons. The van der Waals surface area contributed by atoms with Crippen LogP contribution in [0, 0.1) is 0 Å². The summed E-state index contributed by atoms with van der Waals surface area (Å²) >= 11 is 0. The van der Waals surface area contributed by atoms with Crippen molar-refractivity contribution in [2.45, 2.75) is 63.6 Å². The van der Waals surface area contributed by atoms with Gasteiger partial charge in [-0.25, -0.2) is 9.48 Å². The molecule has 1 aliphatic carbocycles. The zero-order valence-corrected chi connectivity index (χ0v) is 19.7. The summed E-state index contributed by atoms with van der Waals surface area (Å²) in [7, 11) is 0. The quantitative estimate of drug-likeness (QED) is 0.562. The summed E-state index contributed by atoms with van der Waals surface area (Å²) < 4.78 is 6.90. The molecule has 0 spiro atoms. The molecule has 2 aliphatic rings. The first-order chi connectivity index (χ1) is 16.4. The number of carbonyl (C=O) groups is 2. The minimum absolute atomic E-state index is 0.0147. The number of hydrogen-bond acceptors (Lipinski definition) is 4. The fraction of sp³-hybridized carbons (Fsp3) is 0.370. The van der Waals surface area contributed by atoms with Crippen LogP contribution < -0.4 is 10.6 Å². The van der Waals surface area contributed by atoms with Gasteiger partial charge in [0.1, 0.15) is 5.60 Å². The Morgan fingerprint density at radius 1 is 1.03 bits per heavy atom. The number of carbonyl (C=O) groups excluding carboxylic acids is 2. The molecule has 0 bridgehead atoms. The van der Waals surface area contributed by atoms with Crippen LogP contribution in [0.2, 0.25) is 0 Å². The summed E-state index contributed by atoms with van der Waals surface area (Å²) in [6, 6.07) is 19.9. The second-order valence-electron chi connectivity index (χ2n) is 9.30. The van der Waals surface area contributed by atoms with Gasteiger partial charge < -0.3 is 15.4 Å². The molecule has 1 saturated carbocycles. The van der Waals surface area contributed by atoms with Crippen LogP contribution in [0.1, 0.15) is 67.9 Å². The molecule has 1 aliphatic heterocycles. The minimum Gasteiger partial charge on any atom is -0.441 e. The highest BCUT2D eigenvalue weighted by atomic mass is 16.6. The molecule has 1 atom stereocenters. The number of aromatic nitrogens is 2. The van der Waals surface area contributed by atoms with Gasteiger partial charge in [0.25, 0.3) is 5.91 Å². The second kappa shape index (κ2) is 10.5. The summed E-state index contributed by atoms with van der Waals surface area (Å²) in [4.78, 5) is 23.3. The summed E-state index contributed by atoms with van der Waals surface area (Å²) in [5.41, 5.74) is 2.19. The van der Waals surface area contributed by atoms with E-state index in [1.54, 1.807) is 17.1 Å². The average molecular weight is 461 g/mol. The summed E-state index contributed by atoms with van der Waals surface area (Å²) in [5.74, 6) is -0.0147. The van der Waals surface area contributed by atoms with Gasteiger partial charge in [0.15, 0.2) is 0 Å². The molecule has 5 rings (SSSR count). The molecular formula is C27H32N4O3. The van der Waals surface area contributed by atoms with Gasteiger partial charge >= 0.3 is 6.09 Å². The van der Waals surface area contributed by atoms with Gasteiger partial charge in [-0.3, -0.25) is 4.79 Å². The fourth-order valence-corrected chi connectivity index (χ4v) is 4.43. The number of cyclic esters (lactones) is 1. The number of nitrogens with zero attached hydrogens (tertiary/aromatic N) is 2. The summed E-state index contributed by atoms with van der Waals surface area (Å²) in [6.45, 7) is 3.81. The molecular weight excluding hydrogens is 428 g/mol. The van der Waals surface area contributed by atoms with Crippen LogP contribution >= 0.6 is 0 Å². The van der Waals surface area contributed by atoms with Crippen molar-refractivity contribution < 1.29 is 14.3 Å². The second-order valence-corrected chi connectivity index (χ2v) is 9.30. The van der Waals surface area contributed by atoms with E-state index < -0.39 is 5.60 Å². The Bertz CT molecular complexity index is 1090. The molecule has 2 amide bonds. The molecule has 0 unspecified atom stereocenters. The molecule has 0 radical (unpaired) electrons. The molecule has 1 aromatic heterocycles. The van der Waals surface area contributed by atoms with Crippen molar-refractivity contribution >= 4 is 12.0 Å². The third kappa shape index (κ3) is 5.84. The Balaban J connectivity index is 0.000000172. The van der Waals surface area contributed by atoms with Crippen molar-refractivity contribution in [3.05, 3.63) is 84.2 Å². The Kier molecular flexibility index (Phi) is 7.30. The molecule has 2 fully saturated rings. The molecule has 7 heteroatoms. The van der Waals surface area contributed by atoms with Crippen LogP contribution in [-0.2, 0) is 4.74 Å². The number of ether oxygens (including phenoxy) is 1. The van der Waals surface area contributed by atoms with Crippen LogP contribution in [0.15, 0.2) is 73.1 Å². The Morgan fingerprint density at radius 3 is 2.29 bits per heavy atom. The van der Waals surface area contributed by atoms with Crippen molar-refractivity contribution in [3.8, 4) is 5.69 Å². The van der Waals surface area contributed by atoms with Gasteiger partial charge in [-0.2, -0.15) is 5.10 Å². The lowest BCUT2D eigenvalue weighted by Gasteiger charge is -2.23. The van der Waals surface area contributed by atoms with Gasteiger partial charge in [-0.05, 0) is 44.4 Å². The van der Waals surface area contributed by atoms with E-state index in [1.807, 2.05) is 74.5 Å². The zero-order chi connectivity index (χ0) is 24.0. The van der Waals surface area contributed by atoms with Crippen molar-refractivity contribution in [2.24, 2.45) is 0 Å². The maximum atomic E-state index is 12.2. The van der Waals surface area contributed by atoms with Crippen molar-refractivity contribution in [1.29, 1.82) is 0 Å². The lowest BCUT2D eigenvalue weighted by atomic mass is 9.93. The number of nitrogens with one attached hydrogen (secondary N) is 2. The zero-order valence-electron chi connectivity index (χ0n) is 19.7. The van der Waals surface area contributed by atoms with Crippen LogP contribution in [0.3, 0.4) is 0 Å². The highest BCUT2D eigenvalue weighted by Gasteiger charge is 2.41. The lowest BCUT2D eigenvalue weighted by Crippen LogP contribution is -2.35. The number of para-hydroxylation sites is 1. The topological polar surface area (TPSA) is 85.2 Å². The Hall–Kier alpha value is -3.61. The molecule has 34 heavy (non-hydrogen) atoms. The first-order valence-corrected chi connectivity index (χ1v) is 11.9. The van der Waals surface area contributed by atoms with E-state index in [-0.39, 0.29) is 18.0 Å². The van der Waals surface area contributed by atoms with Crippen LogP contribution in [0.4, 0.5) is 4.79 Å². The third-order valence-corrected chi connectivity index (χ3v) is 6.25. The van der Waals surface area contributed by atoms with Crippen LogP contribution in [-0.4, -0.2) is 33.4 Å². The number of hydrogen-bond donors (Lipinski definition) is 2. The van der Waals surface area contributed by atoms with Crippen LogP contribution in [0.5, 0.6) is 0 Å². The number of benzene rings is 2. The maximum absolute atomic E-state index is 12.2. The molecule has 1 saturated heterocycles. The highest BCUT2D eigenvalue weighted by molar-refractivity contribution is 5.94.